The fourth-order valence-electron chi connectivity index (χ4n) is 4.88. The van der Waals surface area contributed by atoms with E-state index in [4.69, 9.17) is 0 Å². The molecule has 35 heavy (non-hydrogen) atoms. The molecule has 0 bridgehead atoms. The molecule has 3 N–H and O–H groups in total. The quantitative estimate of drug-likeness (QED) is 0.543. The number of aromatic nitrogens is 2. The van der Waals surface area contributed by atoms with E-state index in [9.17, 15) is 19.8 Å². The van der Waals surface area contributed by atoms with Crippen LogP contribution >= 0.6 is 11.8 Å². The van der Waals surface area contributed by atoms with Gasteiger partial charge in [0.2, 0.25) is 0 Å². The van der Waals surface area contributed by atoms with Crippen LogP contribution in [-0.4, -0.2) is 60.5 Å². The molecule has 3 atom stereocenters. The second-order valence-corrected chi connectivity index (χ2v) is 10.7. The van der Waals surface area contributed by atoms with E-state index < -0.39 is 24.0 Å². The number of aliphatic hydroxyl groups excluding tert-OH is 2. The molecule has 0 saturated carbocycles. The van der Waals surface area contributed by atoms with Crippen molar-refractivity contribution in [3.8, 4) is 0 Å². The SMILES string of the molecule is Cc1nc2c(n1CC1=CCC(CNC(=O)[C@H](O)C(O)C(=O)N3Cc4ccccc4C3)S1)CCC=C2. The summed E-state index contributed by atoms with van der Waals surface area (Å²) in [6.45, 7) is 3.87. The van der Waals surface area contributed by atoms with Gasteiger partial charge in [-0.05, 0) is 43.4 Å². The molecule has 1 aromatic carbocycles. The number of aryl methyl sites for hydroxylation is 1. The van der Waals surface area contributed by atoms with E-state index in [2.05, 4.69) is 33.1 Å². The van der Waals surface area contributed by atoms with E-state index in [0.29, 0.717) is 19.6 Å². The summed E-state index contributed by atoms with van der Waals surface area (Å²) in [5, 5.41) is 23.5. The molecule has 0 saturated heterocycles. The highest BCUT2D eigenvalue weighted by atomic mass is 32.2. The smallest absolute Gasteiger partial charge is 0.255 e. The first-order valence-electron chi connectivity index (χ1n) is 12.0. The Labute approximate surface area is 208 Å². The molecule has 2 amide bonds. The second kappa shape index (κ2) is 10.0. The number of amides is 2. The third kappa shape index (κ3) is 4.94. The monoisotopic (exact) mass is 494 g/mol. The lowest BCUT2D eigenvalue weighted by Gasteiger charge is -2.23. The number of nitrogens with zero attached hydrogens (tertiary/aromatic N) is 3. The molecule has 0 spiro atoms. The fourth-order valence-corrected chi connectivity index (χ4v) is 6.07. The van der Waals surface area contributed by atoms with Crippen molar-refractivity contribution in [2.75, 3.05) is 6.54 Å². The molecule has 2 aromatic rings. The first kappa shape index (κ1) is 23.8. The van der Waals surface area contributed by atoms with Gasteiger partial charge in [-0.15, -0.1) is 11.8 Å². The standard InChI is InChI=1S/C26H30N4O4S/c1-16-28-21-8-4-5-9-22(21)30(16)15-20-11-10-19(35-20)12-27-25(33)23(31)24(32)26(34)29-13-17-6-2-3-7-18(17)14-29/h2-4,6-8,11,19,23-24,31-32H,5,9-10,12-15H2,1H3,(H,27,33)/t19?,23-,24?/m1/s1. The van der Waals surface area contributed by atoms with Crippen LogP contribution in [0, 0.1) is 6.92 Å². The summed E-state index contributed by atoms with van der Waals surface area (Å²) in [6.07, 6.45) is 5.66. The normalized spacial score (nSPS) is 20.3. The minimum Gasteiger partial charge on any atom is -0.380 e. The summed E-state index contributed by atoms with van der Waals surface area (Å²) in [5.74, 6) is -0.373. The van der Waals surface area contributed by atoms with E-state index in [-0.39, 0.29) is 5.25 Å². The van der Waals surface area contributed by atoms with Crippen LogP contribution < -0.4 is 5.32 Å². The molecule has 184 valence electrons. The molecule has 2 aliphatic heterocycles. The van der Waals surface area contributed by atoms with Crippen LogP contribution in [-0.2, 0) is 35.6 Å². The number of benzene rings is 1. The molecule has 0 radical (unpaired) electrons. The predicted octanol–water partition coefficient (Wildman–Crippen LogP) is 1.92. The van der Waals surface area contributed by atoms with Crippen LogP contribution in [0.1, 0.15) is 41.2 Å². The van der Waals surface area contributed by atoms with Crippen LogP contribution in [0.3, 0.4) is 0 Å². The third-order valence-corrected chi connectivity index (χ3v) is 8.13. The largest absolute Gasteiger partial charge is 0.380 e. The van der Waals surface area contributed by atoms with E-state index >= 15 is 0 Å². The molecule has 0 fully saturated rings. The highest BCUT2D eigenvalue weighted by Crippen LogP contribution is 2.34. The Balaban J connectivity index is 1.09. The third-order valence-electron chi connectivity index (χ3n) is 6.84. The molecule has 2 unspecified atom stereocenters. The lowest BCUT2D eigenvalue weighted by Crippen LogP contribution is -2.50. The Hall–Kier alpha value is -2.88. The minimum atomic E-state index is -1.81. The number of carbonyl (C=O) groups is 2. The lowest BCUT2D eigenvalue weighted by molar-refractivity contribution is -0.153. The van der Waals surface area contributed by atoms with Gasteiger partial charge in [0, 0.05) is 35.5 Å². The molecule has 5 rings (SSSR count). The summed E-state index contributed by atoms with van der Waals surface area (Å²) in [7, 11) is 0. The number of carbonyl (C=O) groups excluding carboxylic acids is 2. The number of thioether (sulfide) groups is 1. The predicted molar refractivity (Wildman–Crippen MR) is 134 cm³/mol. The highest BCUT2D eigenvalue weighted by Gasteiger charge is 2.35. The Bertz CT molecular complexity index is 1180. The van der Waals surface area contributed by atoms with Gasteiger partial charge in [0.1, 0.15) is 5.82 Å². The molecular formula is C26H30N4O4S. The van der Waals surface area contributed by atoms with Gasteiger partial charge in [-0.2, -0.15) is 0 Å². The summed E-state index contributed by atoms with van der Waals surface area (Å²) in [4.78, 5) is 32.5. The zero-order chi connectivity index (χ0) is 24.5. The van der Waals surface area contributed by atoms with Crippen LogP contribution in [0.25, 0.3) is 6.08 Å². The Morgan fingerprint density at radius 1 is 1.20 bits per heavy atom. The number of allylic oxidation sites excluding steroid dienone is 3. The summed E-state index contributed by atoms with van der Waals surface area (Å²) in [6, 6.07) is 7.66. The number of aliphatic hydroxyl groups is 2. The number of hydrogen-bond donors (Lipinski definition) is 3. The van der Waals surface area contributed by atoms with Crippen molar-refractivity contribution in [1.82, 2.24) is 19.8 Å². The molecule has 3 heterocycles. The summed E-state index contributed by atoms with van der Waals surface area (Å²) >= 11 is 1.71. The van der Waals surface area contributed by atoms with Crippen LogP contribution in [0.4, 0.5) is 0 Å². The first-order chi connectivity index (χ1) is 16.9. The number of nitrogens with one attached hydrogen (secondary N) is 1. The average Bonchev–Trinajstić information content (AvgIpc) is 3.58. The van der Waals surface area contributed by atoms with Crippen molar-refractivity contribution in [3.05, 3.63) is 69.7 Å². The van der Waals surface area contributed by atoms with Crippen molar-refractivity contribution >= 4 is 29.7 Å². The van der Waals surface area contributed by atoms with Crippen LogP contribution in [0.15, 0.2) is 41.3 Å². The van der Waals surface area contributed by atoms with Crippen LogP contribution in [0.2, 0.25) is 0 Å². The summed E-state index contributed by atoms with van der Waals surface area (Å²) in [5.41, 5.74) is 4.35. The molecule has 1 aromatic heterocycles. The Morgan fingerprint density at radius 2 is 1.94 bits per heavy atom. The van der Waals surface area contributed by atoms with Crippen molar-refractivity contribution in [3.63, 3.8) is 0 Å². The molecule has 3 aliphatic rings. The first-order valence-corrected chi connectivity index (χ1v) is 12.9. The van der Waals surface area contributed by atoms with E-state index in [0.717, 1.165) is 48.5 Å². The zero-order valence-corrected chi connectivity index (χ0v) is 20.5. The van der Waals surface area contributed by atoms with Crippen molar-refractivity contribution in [2.45, 2.75) is 63.3 Å². The molecule has 1 aliphatic carbocycles. The number of rotatable bonds is 7. The van der Waals surface area contributed by atoms with Gasteiger partial charge < -0.3 is 25.0 Å². The second-order valence-electron chi connectivity index (χ2n) is 9.26. The minimum absolute atomic E-state index is 0.140. The van der Waals surface area contributed by atoms with Crippen molar-refractivity contribution < 1.29 is 19.8 Å². The van der Waals surface area contributed by atoms with Gasteiger partial charge in [0.05, 0.1) is 12.2 Å². The van der Waals surface area contributed by atoms with E-state index in [1.54, 1.807) is 11.8 Å². The van der Waals surface area contributed by atoms with Gasteiger partial charge in [0.25, 0.3) is 11.8 Å². The maximum absolute atomic E-state index is 12.7. The zero-order valence-electron chi connectivity index (χ0n) is 19.7. The van der Waals surface area contributed by atoms with Crippen molar-refractivity contribution in [2.24, 2.45) is 0 Å². The van der Waals surface area contributed by atoms with E-state index in [1.165, 1.54) is 15.5 Å². The Morgan fingerprint density at radius 3 is 2.69 bits per heavy atom. The maximum Gasteiger partial charge on any atom is 0.255 e. The molecule has 8 nitrogen and oxygen atoms in total. The van der Waals surface area contributed by atoms with E-state index in [1.807, 2.05) is 31.2 Å². The Kier molecular flexibility index (Phi) is 6.82. The fraction of sp³-hybridized carbons (Fsp3) is 0.423. The van der Waals surface area contributed by atoms with Gasteiger partial charge in [0.15, 0.2) is 12.2 Å². The number of hydrogen-bond acceptors (Lipinski definition) is 6. The van der Waals surface area contributed by atoms with Crippen molar-refractivity contribution in [1.29, 1.82) is 0 Å². The molecular weight excluding hydrogens is 464 g/mol. The van der Waals surface area contributed by atoms with Gasteiger partial charge >= 0.3 is 0 Å². The van der Waals surface area contributed by atoms with Crippen LogP contribution in [0.5, 0.6) is 0 Å². The lowest BCUT2D eigenvalue weighted by atomic mass is 10.1. The number of imidazole rings is 1. The van der Waals surface area contributed by atoms with Gasteiger partial charge in [-0.25, -0.2) is 4.98 Å². The maximum atomic E-state index is 12.7. The summed E-state index contributed by atoms with van der Waals surface area (Å²) < 4.78 is 2.26. The average molecular weight is 495 g/mol. The topological polar surface area (TPSA) is 108 Å². The molecule has 9 heteroatoms. The number of fused-ring (bicyclic) bond motifs is 2. The van der Waals surface area contributed by atoms with Gasteiger partial charge in [-0.3, -0.25) is 9.59 Å². The highest BCUT2D eigenvalue weighted by molar-refractivity contribution is 8.03. The van der Waals surface area contributed by atoms with Gasteiger partial charge in [-0.1, -0.05) is 36.4 Å².